The molecule has 0 spiro atoms. The monoisotopic (exact) mass is 316 g/mol. The van der Waals surface area contributed by atoms with Gasteiger partial charge in [-0.3, -0.25) is 0 Å². The second kappa shape index (κ2) is 7.22. The standard InChI is InChI=1S/C14H24N2O4S/c1-4-11-5-6-12(15)9-13(11)21(18,19)16-10-14(2,17)7-8-20-3/h5-6,9,16-17H,4,7-8,10,15H2,1-3H3. The first-order valence-electron chi connectivity index (χ1n) is 6.81. The van der Waals surface area contributed by atoms with Gasteiger partial charge in [-0.05, 0) is 31.0 Å². The van der Waals surface area contributed by atoms with Crippen LogP contribution in [0.25, 0.3) is 0 Å². The summed E-state index contributed by atoms with van der Waals surface area (Å²) in [5, 5.41) is 10.1. The quantitative estimate of drug-likeness (QED) is 0.618. The molecule has 1 unspecified atom stereocenters. The molecule has 6 nitrogen and oxygen atoms in total. The lowest BCUT2D eigenvalue weighted by Crippen LogP contribution is -2.41. The number of hydrogen-bond donors (Lipinski definition) is 3. The van der Waals surface area contributed by atoms with Gasteiger partial charge in [-0.25, -0.2) is 13.1 Å². The van der Waals surface area contributed by atoms with E-state index in [4.69, 9.17) is 10.5 Å². The van der Waals surface area contributed by atoms with Gasteiger partial charge in [-0.15, -0.1) is 0 Å². The van der Waals surface area contributed by atoms with Crippen molar-refractivity contribution < 1.29 is 18.3 Å². The van der Waals surface area contributed by atoms with E-state index in [1.807, 2.05) is 6.92 Å². The van der Waals surface area contributed by atoms with Crippen LogP contribution >= 0.6 is 0 Å². The first-order chi connectivity index (χ1) is 9.72. The summed E-state index contributed by atoms with van der Waals surface area (Å²) >= 11 is 0. The highest BCUT2D eigenvalue weighted by Gasteiger charge is 2.25. The number of nitrogens with one attached hydrogen (secondary N) is 1. The van der Waals surface area contributed by atoms with Crippen LogP contribution in [0.15, 0.2) is 23.1 Å². The molecule has 1 aromatic rings. The summed E-state index contributed by atoms with van der Waals surface area (Å²) in [6.45, 7) is 3.71. The second-order valence-corrected chi connectivity index (χ2v) is 7.02. The third kappa shape index (κ3) is 5.28. The van der Waals surface area contributed by atoms with Crippen LogP contribution in [0, 0.1) is 0 Å². The SMILES string of the molecule is CCc1ccc(N)cc1S(=O)(=O)NCC(C)(O)CCOC. The van der Waals surface area contributed by atoms with Crippen molar-refractivity contribution in [1.82, 2.24) is 4.72 Å². The van der Waals surface area contributed by atoms with Gasteiger partial charge < -0.3 is 15.6 Å². The number of nitrogen functional groups attached to an aromatic ring is 1. The van der Waals surface area contributed by atoms with Crippen molar-refractivity contribution in [2.75, 3.05) is 26.0 Å². The van der Waals surface area contributed by atoms with Gasteiger partial charge in [0.05, 0.1) is 10.5 Å². The molecule has 21 heavy (non-hydrogen) atoms. The lowest BCUT2D eigenvalue weighted by Gasteiger charge is -2.23. The van der Waals surface area contributed by atoms with E-state index in [0.29, 0.717) is 30.7 Å². The number of aryl methyl sites for hydroxylation is 1. The van der Waals surface area contributed by atoms with Crippen LogP contribution in [0.2, 0.25) is 0 Å². The van der Waals surface area contributed by atoms with Gasteiger partial charge in [0.15, 0.2) is 0 Å². The molecule has 0 bridgehead atoms. The van der Waals surface area contributed by atoms with E-state index in [-0.39, 0.29) is 11.4 Å². The molecule has 0 aromatic heterocycles. The van der Waals surface area contributed by atoms with Crippen LogP contribution in [-0.2, 0) is 21.2 Å². The third-order valence-corrected chi connectivity index (χ3v) is 4.73. The Labute approximate surface area is 126 Å². The summed E-state index contributed by atoms with van der Waals surface area (Å²) in [6, 6.07) is 4.81. The van der Waals surface area contributed by atoms with E-state index < -0.39 is 15.6 Å². The summed E-state index contributed by atoms with van der Waals surface area (Å²) < 4.78 is 32.1. The zero-order chi connectivity index (χ0) is 16.1. The summed E-state index contributed by atoms with van der Waals surface area (Å²) in [5.41, 5.74) is 5.57. The van der Waals surface area contributed by atoms with Crippen molar-refractivity contribution in [3.05, 3.63) is 23.8 Å². The molecule has 1 rings (SSSR count). The molecule has 0 heterocycles. The number of ether oxygens (including phenoxy) is 1. The van der Waals surface area contributed by atoms with E-state index in [0.717, 1.165) is 0 Å². The summed E-state index contributed by atoms with van der Waals surface area (Å²) in [6.07, 6.45) is 0.917. The summed E-state index contributed by atoms with van der Waals surface area (Å²) in [4.78, 5) is 0.160. The van der Waals surface area contributed by atoms with Gasteiger partial charge in [-0.1, -0.05) is 13.0 Å². The Hall–Kier alpha value is -1.15. The molecule has 0 fully saturated rings. The van der Waals surface area contributed by atoms with Crippen molar-refractivity contribution in [1.29, 1.82) is 0 Å². The predicted molar refractivity (Wildman–Crippen MR) is 82.5 cm³/mol. The highest BCUT2D eigenvalue weighted by atomic mass is 32.2. The Morgan fingerprint density at radius 1 is 1.43 bits per heavy atom. The molecule has 0 saturated heterocycles. The van der Waals surface area contributed by atoms with Gasteiger partial charge >= 0.3 is 0 Å². The summed E-state index contributed by atoms with van der Waals surface area (Å²) in [7, 11) is -2.19. The number of benzene rings is 1. The first kappa shape index (κ1) is 17.9. The number of methoxy groups -OCH3 is 1. The largest absolute Gasteiger partial charge is 0.399 e. The lowest BCUT2D eigenvalue weighted by atomic mass is 10.0. The Bertz CT molecular complexity index is 570. The molecule has 0 aliphatic rings. The maximum absolute atomic E-state index is 12.4. The number of sulfonamides is 1. The predicted octanol–water partition coefficient (Wildman–Crippen LogP) is 0.897. The minimum Gasteiger partial charge on any atom is -0.399 e. The smallest absolute Gasteiger partial charge is 0.241 e. The van der Waals surface area contributed by atoms with Crippen molar-refractivity contribution in [2.24, 2.45) is 0 Å². The number of hydrogen-bond acceptors (Lipinski definition) is 5. The Balaban J connectivity index is 2.90. The number of anilines is 1. The lowest BCUT2D eigenvalue weighted by molar-refractivity contribution is 0.0292. The minimum absolute atomic E-state index is 0.0867. The van der Waals surface area contributed by atoms with Crippen LogP contribution < -0.4 is 10.5 Å². The minimum atomic E-state index is -3.71. The Morgan fingerprint density at radius 2 is 2.10 bits per heavy atom. The zero-order valence-electron chi connectivity index (χ0n) is 12.7. The molecule has 120 valence electrons. The van der Waals surface area contributed by atoms with E-state index in [1.165, 1.54) is 13.2 Å². The Morgan fingerprint density at radius 3 is 2.67 bits per heavy atom. The van der Waals surface area contributed by atoms with Gasteiger partial charge in [0.1, 0.15) is 0 Å². The first-order valence-corrected chi connectivity index (χ1v) is 8.29. The average molecular weight is 316 g/mol. The van der Waals surface area contributed by atoms with Gasteiger partial charge in [0.25, 0.3) is 0 Å². The van der Waals surface area contributed by atoms with Gasteiger partial charge in [0, 0.05) is 32.4 Å². The van der Waals surface area contributed by atoms with E-state index in [1.54, 1.807) is 19.1 Å². The molecule has 1 atom stereocenters. The average Bonchev–Trinajstić information content (AvgIpc) is 2.43. The van der Waals surface area contributed by atoms with Crippen LogP contribution in [0.4, 0.5) is 5.69 Å². The topological polar surface area (TPSA) is 102 Å². The molecule has 4 N–H and O–H groups in total. The fourth-order valence-electron chi connectivity index (χ4n) is 1.85. The molecular weight excluding hydrogens is 292 g/mol. The number of rotatable bonds is 8. The van der Waals surface area contributed by atoms with Crippen LogP contribution in [0.1, 0.15) is 25.8 Å². The molecule has 0 aliphatic heterocycles. The van der Waals surface area contributed by atoms with Crippen molar-refractivity contribution >= 4 is 15.7 Å². The fourth-order valence-corrected chi connectivity index (χ4v) is 3.36. The van der Waals surface area contributed by atoms with Crippen molar-refractivity contribution in [3.8, 4) is 0 Å². The van der Waals surface area contributed by atoms with Crippen molar-refractivity contribution in [3.63, 3.8) is 0 Å². The Kier molecular flexibility index (Phi) is 6.15. The number of aliphatic hydroxyl groups is 1. The van der Waals surface area contributed by atoms with Crippen LogP contribution in [-0.4, -0.2) is 39.4 Å². The molecular formula is C14H24N2O4S. The summed E-state index contributed by atoms with van der Waals surface area (Å²) in [5.74, 6) is 0. The molecule has 0 saturated carbocycles. The van der Waals surface area contributed by atoms with Crippen LogP contribution in [0.5, 0.6) is 0 Å². The molecule has 7 heteroatoms. The fraction of sp³-hybridized carbons (Fsp3) is 0.571. The van der Waals surface area contributed by atoms with Gasteiger partial charge in [-0.2, -0.15) is 0 Å². The third-order valence-electron chi connectivity index (χ3n) is 3.25. The zero-order valence-corrected chi connectivity index (χ0v) is 13.5. The molecule has 0 amide bonds. The highest BCUT2D eigenvalue weighted by molar-refractivity contribution is 7.89. The maximum Gasteiger partial charge on any atom is 0.241 e. The van der Waals surface area contributed by atoms with E-state index >= 15 is 0 Å². The van der Waals surface area contributed by atoms with E-state index in [2.05, 4.69) is 4.72 Å². The highest BCUT2D eigenvalue weighted by Crippen LogP contribution is 2.20. The molecule has 0 radical (unpaired) electrons. The number of nitrogens with two attached hydrogens (primary N) is 1. The normalized spacial score (nSPS) is 14.9. The second-order valence-electron chi connectivity index (χ2n) is 5.29. The molecule has 0 aliphatic carbocycles. The van der Waals surface area contributed by atoms with E-state index in [9.17, 15) is 13.5 Å². The molecule has 1 aromatic carbocycles. The van der Waals surface area contributed by atoms with Crippen molar-refractivity contribution in [2.45, 2.75) is 37.2 Å². The van der Waals surface area contributed by atoms with Gasteiger partial charge in [0.2, 0.25) is 10.0 Å². The van der Waals surface area contributed by atoms with Crippen LogP contribution in [0.3, 0.4) is 0 Å². The maximum atomic E-state index is 12.4.